The summed E-state index contributed by atoms with van der Waals surface area (Å²) in [5.74, 6) is 1.88. The second-order valence-corrected chi connectivity index (χ2v) is 7.67. The van der Waals surface area contributed by atoms with Gasteiger partial charge in [-0.3, -0.25) is 9.56 Å². The first-order valence-corrected chi connectivity index (χ1v) is 10.7. The van der Waals surface area contributed by atoms with Crippen LogP contribution in [-0.2, 0) is 19.5 Å². The molecule has 8 nitrogen and oxygen atoms in total. The van der Waals surface area contributed by atoms with Gasteiger partial charge in [-0.1, -0.05) is 18.2 Å². The molecule has 1 N–H and O–H groups in total. The molecule has 2 aromatic rings. The lowest BCUT2D eigenvalue weighted by atomic mass is 10.2. The van der Waals surface area contributed by atoms with E-state index < -0.39 is 0 Å². The number of anilines is 1. The van der Waals surface area contributed by atoms with Crippen LogP contribution >= 0.6 is 0 Å². The van der Waals surface area contributed by atoms with Gasteiger partial charge in [0.1, 0.15) is 5.82 Å². The van der Waals surface area contributed by atoms with Crippen LogP contribution in [0.15, 0.2) is 40.1 Å². The Morgan fingerprint density at radius 2 is 1.90 bits per heavy atom. The normalized spacial score (nSPS) is 17.3. The van der Waals surface area contributed by atoms with Gasteiger partial charge in [-0.05, 0) is 31.4 Å². The fourth-order valence-corrected chi connectivity index (χ4v) is 4.17. The first kappa shape index (κ1) is 19.5. The summed E-state index contributed by atoms with van der Waals surface area (Å²) in [5, 5.41) is 7.96. The molecule has 0 radical (unpaired) electrons. The van der Waals surface area contributed by atoms with Gasteiger partial charge in [0, 0.05) is 65.0 Å². The SMILES string of the molecule is CN=C(NCCCn1nc2n(c1=O)CCCC2)N1CCN(c2ccccc2)CC1. The average Bonchev–Trinajstić information content (AvgIpc) is 3.10. The van der Waals surface area contributed by atoms with Gasteiger partial charge in [-0.2, -0.15) is 5.10 Å². The maximum absolute atomic E-state index is 12.4. The predicted molar refractivity (Wildman–Crippen MR) is 116 cm³/mol. The number of hydrogen-bond donors (Lipinski definition) is 1. The molecule has 0 aliphatic carbocycles. The van der Waals surface area contributed by atoms with E-state index in [9.17, 15) is 4.79 Å². The van der Waals surface area contributed by atoms with Crippen molar-refractivity contribution in [1.82, 2.24) is 24.6 Å². The van der Waals surface area contributed by atoms with E-state index in [-0.39, 0.29) is 5.69 Å². The minimum Gasteiger partial charge on any atom is -0.368 e. The van der Waals surface area contributed by atoms with Crippen LogP contribution in [0.2, 0.25) is 0 Å². The highest BCUT2D eigenvalue weighted by atomic mass is 16.2. The van der Waals surface area contributed by atoms with Gasteiger partial charge in [-0.15, -0.1) is 0 Å². The zero-order valence-corrected chi connectivity index (χ0v) is 17.3. The van der Waals surface area contributed by atoms with Gasteiger partial charge in [-0.25, -0.2) is 9.48 Å². The number of benzene rings is 1. The molecule has 0 amide bonds. The van der Waals surface area contributed by atoms with E-state index in [0.29, 0.717) is 6.54 Å². The van der Waals surface area contributed by atoms with Crippen molar-refractivity contribution in [3.8, 4) is 0 Å². The second kappa shape index (κ2) is 9.15. The standard InChI is InChI=1S/C21H31N7O/c1-22-20(26-16-14-25(15-17-26)18-8-3-2-4-9-18)23-11-7-13-28-21(29)27-12-6-5-10-19(27)24-28/h2-4,8-9H,5-7,10-17H2,1H3,(H,22,23). The van der Waals surface area contributed by atoms with Gasteiger partial charge in [0.05, 0.1) is 0 Å². The van der Waals surface area contributed by atoms with Crippen LogP contribution in [0.4, 0.5) is 5.69 Å². The van der Waals surface area contributed by atoms with Crippen molar-refractivity contribution in [3.05, 3.63) is 46.6 Å². The van der Waals surface area contributed by atoms with Crippen molar-refractivity contribution >= 4 is 11.6 Å². The molecule has 29 heavy (non-hydrogen) atoms. The number of aromatic nitrogens is 3. The molecular weight excluding hydrogens is 366 g/mol. The summed E-state index contributed by atoms with van der Waals surface area (Å²) >= 11 is 0. The van der Waals surface area contributed by atoms with E-state index in [1.54, 1.807) is 4.68 Å². The van der Waals surface area contributed by atoms with Crippen molar-refractivity contribution < 1.29 is 0 Å². The van der Waals surface area contributed by atoms with E-state index >= 15 is 0 Å². The first-order chi connectivity index (χ1) is 14.3. The molecular formula is C21H31N7O. The third-order valence-corrected chi connectivity index (χ3v) is 5.77. The van der Waals surface area contributed by atoms with E-state index in [1.165, 1.54) is 5.69 Å². The number of aliphatic imine (C=N–C) groups is 1. The Morgan fingerprint density at radius 3 is 2.62 bits per heavy atom. The quantitative estimate of drug-likeness (QED) is 0.466. The fraction of sp³-hybridized carbons (Fsp3) is 0.571. The molecule has 0 saturated carbocycles. The molecule has 1 aromatic heterocycles. The zero-order valence-electron chi connectivity index (χ0n) is 17.3. The van der Waals surface area contributed by atoms with Crippen molar-refractivity contribution in [3.63, 3.8) is 0 Å². The number of nitrogens with zero attached hydrogens (tertiary/aromatic N) is 6. The number of guanidine groups is 1. The van der Waals surface area contributed by atoms with Crippen LogP contribution < -0.4 is 15.9 Å². The molecule has 0 spiro atoms. The van der Waals surface area contributed by atoms with Crippen LogP contribution in [0, 0.1) is 0 Å². The summed E-state index contributed by atoms with van der Waals surface area (Å²) in [5.41, 5.74) is 1.32. The van der Waals surface area contributed by atoms with E-state index in [4.69, 9.17) is 0 Å². The van der Waals surface area contributed by atoms with Crippen LogP contribution in [0.3, 0.4) is 0 Å². The number of piperazine rings is 1. The lowest BCUT2D eigenvalue weighted by Crippen LogP contribution is -2.52. The number of nitrogens with one attached hydrogen (secondary N) is 1. The van der Waals surface area contributed by atoms with Crippen LogP contribution in [0.5, 0.6) is 0 Å². The number of hydrogen-bond acceptors (Lipinski definition) is 4. The maximum atomic E-state index is 12.4. The van der Waals surface area contributed by atoms with Crippen molar-refractivity contribution in [1.29, 1.82) is 0 Å². The van der Waals surface area contributed by atoms with Gasteiger partial charge in [0.15, 0.2) is 5.96 Å². The zero-order chi connectivity index (χ0) is 20.1. The third kappa shape index (κ3) is 4.46. The highest BCUT2D eigenvalue weighted by Gasteiger charge is 2.20. The van der Waals surface area contributed by atoms with Gasteiger partial charge < -0.3 is 15.1 Å². The van der Waals surface area contributed by atoms with Crippen molar-refractivity contribution in [2.45, 2.75) is 38.8 Å². The highest BCUT2D eigenvalue weighted by Crippen LogP contribution is 2.15. The van der Waals surface area contributed by atoms with Crippen LogP contribution in [0.25, 0.3) is 0 Å². The molecule has 8 heteroatoms. The minimum atomic E-state index is 0.0427. The third-order valence-electron chi connectivity index (χ3n) is 5.77. The molecule has 2 aliphatic heterocycles. The van der Waals surface area contributed by atoms with Crippen molar-refractivity contribution in [2.75, 3.05) is 44.7 Å². The van der Waals surface area contributed by atoms with Gasteiger partial charge in [0.25, 0.3) is 0 Å². The molecule has 156 valence electrons. The summed E-state index contributed by atoms with van der Waals surface area (Å²) in [7, 11) is 1.83. The van der Waals surface area contributed by atoms with E-state index in [1.807, 2.05) is 11.6 Å². The Balaban J connectivity index is 1.23. The largest absolute Gasteiger partial charge is 0.368 e. The van der Waals surface area contributed by atoms with E-state index in [0.717, 1.165) is 76.7 Å². The summed E-state index contributed by atoms with van der Waals surface area (Å²) in [6.07, 6.45) is 3.97. The smallest absolute Gasteiger partial charge is 0.345 e. The van der Waals surface area contributed by atoms with Gasteiger partial charge >= 0.3 is 5.69 Å². The lowest BCUT2D eigenvalue weighted by molar-refractivity contribution is 0.371. The van der Waals surface area contributed by atoms with Crippen molar-refractivity contribution in [2.24, 2.45) is 4.99 Å². The first-order valence-electron chi connectivity index (χ1n) is 10.7. The Labute approximate surface area is 171 Å². The molecule has 2 aliphatic rings. The Kier molecular flexibility index (Phi) is 6.17. The monoisotopic (exact) mass is 397 g/mol. The molecule has 3 heterocycles. The topological polar surface area (TPSA) is 70.7 Å². The Hall–Kier alpha value is -2.77. The predicted octanol–water partition coefficient (Wildman–Crippen LogP) is 1.17. The number of fused-ring (bicyclic) bond motifs is 1. The molecule has 1 fully saturated rings. The van der Waals surface area contributed by atoms with Crippen LogP contribution in [-0.4, -0.2) is 65.0 Å². The fourth-order valence-electron chi connectivity index (χ4n) is 4.17. The summed E-state index contributed by atoms with van der Waals surface area (Å²) in [4.78, 5) is 21.6. The molecule has 1 saturated heterocycles. The highest BCUT2D eigenvalue weighted by molar-refractivity contribution is 5.80. The molecule has 4 rings (SSSR count). The Morgan fingerprint density at radius 1 is 1.10 bits per heavy atom. The van der Waals surface area contributed by atoms with Crippen LogP contribution in [0.1, 0.15) is 25.1 Å². The molecule has 1 aromatic carbocycles. The number of rotatable bonds is 5. The molecule has 0 atom stereocenters. The maximum Gasteiger partial charge on any atom is 0.345 e. The second-order valence-electron chi connectivity index (χ2n) is 7.67. The lowest BCUT2D eigenvalue weighted by Gasteiger charge is -2.37. The molecule has 0 unspecified atom stereocenters. The number of para-hydroxylation sites is 1. The number of aryl methyl sites for hydroxylation is 2. The Bertz CT molecular complexity index is 878. The van der Waals surface area contributed by atoms with E-state index in [2.05, 4.69) is 55.5 Å². The summed E-state index contributed by atoms with van der Waals surface area (Å²) < 4.78 is 3.46. The minimum absolute atomic E-state index is 0.0427. The summed E-state index contributed by atoms with van der Waals surface area (Å²) in [6, 6.07) is 10.6. The summed E-state index contributed by atoms with van der Waals surface area (Å²) in [6.45, 7) is 6.10. The van der Waals surface area contributed by atoms with Gasteiger partial charge in [0.2, 0.25) is 0 Å². The average molecular weight is 398 g/mol. The molecule has 0 bridgehead atoms.